The number of carbonyl (C=O) groups is 1. The third-order valence-corrected chi connectivity index (χ3v) is 3.44. The Hall–Kier alpha value is -0.790. The molecule has 0 aromatic carbocycles. The molecule has 0 aromatic heterocycles. The Labute approximate surface area is 126 Å². The minimum Gasteiger partial charge on any atom is -0.466 e. The van der Waals surface area contributed by atoms with E-state index in [0.717, 1.165) is 6.42 Å². The molecule has 0 amide bonds. The van der Waals surface area contributed by atoms with Gasteiger partial charge in [0, 0.05) is 6.92 Å². The van der Waals surface area contributed by atoms with Crippen molar-refractivity contribution in [1.82, 2.24) is 0 Å². The third-order valence-electron chi connectivity index (χ3n) is 3.44. The fourth-order valence-electron chi connectivity index (χ4n) is 2.22. The van der Waals surface area contributed by atoms with Crippen molar-refractivity contribution in [1.29, 1.82) is 0 Å². The Morgan fingerprint density at radius 2 is 1.30 bits per heavy atom. The fourth-order valence-corrected chi connectivity index (χ4v) is 2.22. The molecule has 0 aliphatic heterocycles. The van der Waals surface area contributed by atoms with E-state index >= 15 is 0 Å². The lowest BCUT2D eigenvalue weighted by molar-refractivity contribution is -0.141. The molecule has 0 spiro atoms. The molecule has 0 N–H and O–H groups in total. The van der Waals surface area contributed by atoms with Crippen LogP contribution in [0.3, 0.4) is 0 Å². The summed E-state index contributed by atoms with van der Waals surface area (Å²) >= 11 is 0. The maximum Gasteiger partial charge on any atom is 0.302 e. The predicted octanol–water partition coefficient (Wildman–Crippen LogP) is 5.81. The van der Waals surface area contributed by atoms with Crippen molar-refractivity contribution < 1.29 is 9.53 Å². The van der Waals surface area contributed by atoms with Gasteiger partial charge in [-0.1, -0.05) is 70.4 Å². The summed E-state index contributed by atoms with van der Waals surface area (Å²) in [6.07, 6.45) is 20.1. The first-order valence-corrected chi connectivity index (χ1v) is 8.55. The number of hydrogen-bond donors (Lipinski definition) is 0. The summed E-state index contributed by atoms with van der Waals surface area (Å²) in [6, 6.07) is 0. The number of esters is 1. The molecule has 0 fully saturated rings. The summed E-state index contributed by atoms with van der Waals surface area (Å²) in [5, 5.41) is 0. The molecule has 0 radical (unpaired) electrons. The summed E-state index contributed by atoms with van der Waals surface area (Å²) in [7, 11) is 0. The van der Waals surface area contributed by atoms with E-state index in [-0.39, 0.29) is 5.97 Å². The number of unbranched alkanes of at least 4 members (excludes halogenated alkanes) is 10. The first-order valence-electron chi connectivity index (χ1n) is 8.55. The highest BCUT2D eigenvalue weighted by atomic mass is 16.5. The van der Waals surface area contributed by atoms with Crippen LogP contribution in [0.25, 0.3) is 0 Å². The zero-order valence-corrected chi connectivity index (χ0v) is 13.7. The zero-order valence-electron chi connectivity index (χ0n) is 13.7. The van der Waals surface area contributed by atoms with E-state index in [1.807, 2.05) is 0 Å². The van der Waals surface area contributed by atoms with Crippen LogP contribution in [0.2, 0.25) is 0 Å². The molecule has 0 atom stereocenters. The van der Waals surface area contributed by atoms with Crippen LogP contribution in [0.4, 0.5) is 0 Å². The van der Waals surface area contributed by atoms with Gasteiger partial charge in [-0.2, -0.15) is 0 Å². The van der Waals surface area contributed by atoms with E-state index in [1.165, 1.54) is 77.6 Å². The molecule has 2 nitrogen and oxygen atoms in total. The highest BCUT2D eigenvalue weighted by molar-refractivity contribution is 5.65. The molecule has 0 aromatic rings. The van der Waals surface area contributed by atoms with Crippen molar-refractivity contribution in [2.45, 2.75) is 90.9 Å². The summed E-state index contributed by atoms with van der Waals surface area (Å²) in [5.74, 6) is -0.158. The monoisotopic (exact) mass is 282 g/mol. The van der Waals surface area contributed by atoms with Crippen molar-refractivity contribution in [3.05, 3.63) is 12.2 Å². The largest absolute Gasteiger partial charge is 0.466 e. The van der Waals surface area contributed by atoms with Gasteiger partial charge >= 0.3 is 5.97 Å². The molecule has 0 aliphatic rings. The van der Waals surface area contributed by atoms with Crippen LogP contribution in [0.15, 0.2) is 12.2 Å². The highest BCUT2D eigenvalue weighted by Gasteiger charge is 1.94. The molecular weight excluding hydrogens is 248 g/mol. The Morgan fingerprint density at radius 3 is 1.85 bits per heavy atom. The predicted molar refractivity (Wildman–Crippen MR) is 86.9 cm³/mol. The fraction of sp³-hybridized carbons (Fsp3) is 0.833. The van der Waals surface area contributed by atoms with E-state index in [2.05, 4.69) is 19.1 Å². The van der Waals surface area contributed by atoms with Crippen LogP contribution in [0, 0.1) is 0 Å². The lowest BCUT2D eigenvalue weighted by atomic mass is 10.1. The van der Waals surface area contributed by atoms with Crippen LogP contribution < -0.4 is 0 Å². The lowest BCUT2D eigenvalue weighted by Gasteiger charge is -2.03. The van der Waals surface area contributed by atoms with Gasteiger partial charge in [-0.25, -0.2) is 0 Å². The maximum atomic E-state index is 10.6. The van der Waals surface area contributed by atoms with Crippen molar-refractivity contribution in [2.24, 2.45) is 0 Å². The summed E-state index contributed by atoms with van der Waals surface area (Å²) < 4.78 is 4.90. The molecule has 0 saturated heterocycles. The van der Waals surface area contributed by atoms with Crippen molar-refractivity contribution in [2.75, 3.05) is 6.61 Å². The van der Waals surface area contributed by atoms with Gasteiger partial charge in [-0.05, 0) is 25.7 Å². The highest BCUT2D eigenvalue weighted by Crippen LogP contribution is 2.11. The molecule has 0 rings (SSSR count). The van der Waals surface area contributed by atoms with Gasteiger partial charge in [0.15, 0.2) is 0 Å². The quantitative estimate of drug-likeness (QED) is 0.228. The lowest BCUT2D eigenvalue weighted by Crippen LogP contribution is -2.00. The normalized spacial score (nSPS) is 11.1. The number of allylic oxidation sites excluding steroid dienone is 2. The molecular formula is C18H34O2. The molecule has 0 saturated carbocycles. The van der Waals surface area contributed by atoms with E-state index in [9.17, 15) is 4.79 Å². The first kappa shape index (κ1) is 19.2. The maximum absolute atomic E-state index is 10.6. The SMILES string of the molecule is CCC/C=C/CCCCCCCCCCCOC(C)=O. The Balaban J connectivity index is 3.01. The van der Waals surface area contributed by atoms with Gasteiger partial charge in [0.2, 0.25) is 0 Å². The zero-order chi connectivity index (χ0) is 14.9. The molecule has 20 heavy (non-hydrogen) atoms. The van der Waals surface area contributed by atoms with E-state index in [4.69, 9.17) is 4.74 Å². The molecule has 0 heterocycles. The van der Waals surface area contributed by atoms with Crippen LogP contribution in [0.5, 0.6) is 0 Å². The summed E-state index contributed by atoms with van der Waals surface area (Å²) in [6.45, 7) is 4.29. The summed E-state index contributed by atoms with van der Waals surface area (Å²) in [5.41, 5.74) is 0. The average Bonchev–Trinajstić information content (AvgIpc) is 2.43. The van der Waals surface area contributed by atoms with Crippen LogP contribution in [-0.2, 0) is 9.53 Å². The number of hydrogen-bond acceptors (Lipinski definition) is 2. The number of rotatable bonds is 14. The third kappa shape index (κ3) is 17.2. The number of ether oxygens (including phenoxy) is 1. The van der Waals surface area contributed by atoms with Crippen molar-refractivity contribution in [3.8, 4) is 0 Å². The topological polar surface area (TPSA) is 26.3 Å². The Morgan fingerprint density at radius 1 is 0.800 bits per heavy atom. The van der Waals surface area contributed by atoms with Crippen molar-refractivity contribution in [3.63, 3.8) is 0 Å². The van der Waals surface area contributed by atoms with Gasteiger partial charge < -0.3 is 4.74 Å². The first-order chi connectivity index (χ1) is 9.77. The average molecular weight is 282 g/mol. The van der Waals surface area contributed by atoms with Crippen LogP contribution in [-0.4, -0.2) is 12.6 Å². The molecule has 0 aliphatic carbocycles. The van der Waals surface area contributed by atoms with Crippen LogP contribution in [0.1, 0.15) is 90.9 Å². The molecule has 0 bridgehead atoms. The second kappa shape index (κ2) is 16.3. The molecule has 0 unspecified atom stereocenters. The number of carbonyl (C=O) groups excluding carboxylic acids is 1. The molecule has 118 valence electrons. The van der Waals surface area contributed by atoms with Gasteiger partial charge in [-0.3, -0.25) is 4.79 Å². The minimum absolute atomic E-state index is 0.158. The minimum atomic E-state index is -0.158. The standard InChI is InChI=1S/C18H34O2/c1-3-4-5-6-7-8-9-10-11-12-13-14-15-16-17-20-18(2)19/h5-6H,3-4,7-17H2,1-2H3/b6-5+. The van der Waals surface area contributed by atoms with Gasteiger partial charge in [0.25, 0.3) is 0 Å². The smallest absolute Gasteiger partial charge is 0.302 e. The second-order valence-electron chi connectivity index (χ2n) is 5.57. The van der Waals surface area contributed by atoms with E-state index in [1.54, 1.807) is 0 Å². The van der Waals surface area contributed by atoms with Crippen LogP contribution >= 0.6 is 0 Å². The second-order valence-corrected chi connectivity index (χ2v) is 5.57. The van der Waals surface area contributed by atoms with Crippen molar-refractivity contribution >= 4 is 5.97 Å². The summed E-state index contributed by atoms with van der Waals surface area (Å²) in [4.78, 5) is 10.6. The van der Waals surface area contributed by atoms with E-state index < -0.39 is 0 Å². The van der Waals surface area contributed by atoms with Gasteiger partial charge in [-0.15, -0.1) is 0 Å². The van der Waals surface area contributed by atoms with Gasteiger partial charge in [0.1, 0.15) is 0 Å². The van der Waals surface area contributed by atoms with E-state index in [0.29, 0.717) is 6.61 Å². The Bertz CT molecular complexity index is 234. The molecule has 2 heteroatoms. The Kier molecular flexibility index (Phi) is 15.6. The van der Waals surface area contributed by atoms with Gasteiger partial charge in [0.05, 0.1) is 6.61 Å².